The molecule has 1 saturated heterocycles. The zero-order valence-electron chi connectivity index (χ0n) is 10.6. The molecule has 0 aliphatic carbocycles. The maximum atomic E-state index is 7.52. The molecule has 16 heavy (non-hydrogen) atoms. The molecule has 0 radical (unpaired) electrons. The summed E-state index contributed by atoms with van der Waals surface area (Å²) in [6.07, 6.45) is 3.49. The maximum absolute atomic E-state index is 7.52. The van der Waals surface area contributed by atoms with E-state index in [1.165, 1.54) is 31.0 Å². The molecule has 1 rings (SSSR count). The van der Waals surface area contributed by atoms with Gasteiger partial charge in [0.1, 0.15) is 0 Å². The normalized spacial score (nSPS) is 19.4. The minimum absolute atomic E-state index is 0.124. The highest BCUT2D eigenvalue weighted by molar-refractivity contribution is 7.99. The summed E-state index contributed by atoms with van der Waals surface area (Å²) in [6, 6.07) is 0. The zero-order chi connectivity index (χ0) is 12.0. The van der Waals surface area contributed by atoms with E-state index in [0.29, 0.717) is 5.84 Å². The quantitative estimate of drug-likeness (QED) is 0.575. The Morgan fingerprint density at radius 1 is 1.38 bits per heavy atom. The van der Waals surface area contributed by atoms with Gasteiger partial charge < -0.3 is 10.6 Å². The average molecular weight is 243 g/mol. The molecule has 0 aromatic heterocycles. The van der Waals surface area contributed by atoms with Crippen LogP contribution in [0.25, 0.3) is 0 Å². The van der Waals surface area contributed by atoms with Crippen molar-refractivity contribution in [2.45, 2.75) is 33.1 Å². The molecule has 0 spiro atoms. The summed E-state index contributed by atoms with van der Waals surface area (Å²) >= 11 is 2.07. The summed E-state index contributed by atoms with van der Waals surface area (Å²) in [7, 11) is 0. The Kier molecular flexibility index (Phi) is 5.62. The molecule has 0 bridgehead atoms. The van der Waals surface area contributed by atoms with Crippen molar-refractivity contribution in [3.63, 3.8) is 0 Å². The molecule has 1 aliphatic heterocycles. The second kappa shape index (κ2) is 6.50. The molecule has 0 aromatic rings. The maximum Gasteiger partial charge on any atom is 0.0963 e. The van der Waals surface area contributed by atoms with Crippen molar-refractivity contribution in [2.75, 3.05) is 31.1 Å². The second-order valence-corrected chi connectivity index (χ2v) is 6.43. The number of thioether (sulfide) groups is 1. The van der Waals surface area contributed by atoms with Gasteiger partial charge in [0.25, 0.3) is 0 Å². The van der Waals surface area contributed by atoms with Crippen molar-refractivity contribution < 1.29 is 0 Å². The summed E-state index contributed by atoms with van der Waals surface area (Å²) in [5.41, 5.74) is 5.46. The molecule has 1 heterocycles. The van der Waals surface area contributed by atoms with Crippen LogP contribution in [0.2, 0.25) is 0 Å². The Bertz CT molecular complexity index is 220. The van der Waals surface area contributed by atoms with Crippen LogP contribution in [-0.4, -0.2) is 41.9 Å². The largest absolute Gasteiger partial charge is 0.387 e. The van der Waals surface area contributed by atoms with Crippen LogP contribution in [0.1, 0.15) is 33.1 Å². The number of hydrogen-bond donors (Lipinski definition) is 2. The molecule has 3 N–H and O–H groups in total. The number of amidine groups is 1. The van der Waals surface area contributed by atoms with E-state index in [2.05, 4.69) is 30.5 Å². The van der Waals surface area contributed by atoms with Gasteiger partial charge in [0.2, 0.25) is 0 Å². The van der Waals surface area contributed by atoms with Crippen LogP contribution in [-0.2, 0) is 0 Å². The standard InChI is InChI=1S/C12H25N3S/c1-12(2,11(13)14)5-3-6-15-7-4-9-16-10-8-15/h3-10H2,1-2H3,(H3,13,14). The van der Waals surface area contributed by atoms with Crippen molar-refractivity contribution >= 4 is 17.6 Å². The summed E-state index contributed by atoms with van der Waals surface area (Å²) in [5.74, 6) is 2.91. The molecular weight excluding hydrogens is 218 g/mol. The lowest BCUT2D eigenvalue weighted by atomic mass is 9.86. The molecule has 1 fully saturated rings. The van der Waals surface area contributed by atoms with Gasteiger partial charge in [0, 0.05) is 17.7 Å². The lowest BCUT2D eigenvalue weighted by Gasteiger charge is -2.25. The van der Waals surface area contributed by atoms with Crippen LogP contribution in [0.5, 0.6) is 0 Å². The first kappa shape index (κ1) is 13.8. The molecule has 0 unspecified atom stereocenters. The van der Waals surface area contributed by atoms with Gasteiger partial charge in [0.05, 0.1) is 5.84 Å². The first-order chi connectivity index (χ1) is 7.52. The van der Waals surface area contributed by atoms with Gasteiger partial charge in [-0.3, -0.25) is 5.41 Å². The van der Waals surface area contributed by atoms with Crippen LogP contribution in [0.15, 0.2) is 0 Å². The molecule has 0 aromatic carbocycles. The van der Waals surface area contributed by atoms with Crippen LogP contribution < -0.4 is 5.73 Å². The monoisotopic (exact) mass is 243 g/mol. The third-order valence-electron chi connectivity index (χ3n) is 3.32. The van der Waals surface area contributed by atoms with Gasteiger partial charge in [-0.1, -0.05) is 13.8 Å². The van der Waals surface area contributed by atoms with Gasteiger partial charge >= 0.3 is 0 Å². The van der Waals surface area contributed by atoms with Crippen molar-refractivity contribution in [3.05, 3.63) is 0 Å². The van der Waals surface area contributed by atoms with Gasteiger partial charge in [-0.15, -0.1) is 0 Å². The lowest BCUT2D eigenvalue weighted by Crippen LogP contribution is -2.33. The molecule has 0 saturated carbocycles. The summed E-state index contributed by atoms with van der Waals surface area (Å²) in [5, 5.41) is 7.52. The molecule has 3 nitrogen and oxygen atoms in total. The van der Waals surface area contributed by atoms with Crippen molar-refractivity contribution in [1.82, 2.24) is 4.90 Å². The second-order valence-electron chi connectivity index (χ2n) is 5.21. The fourth-order valence-corrected chi connectivity index (χ4v) is 2.83. The minimum atomic E-state index is -0.124. The van der Waals surface area contributed by atoms with Crippen molar-refractivity contribution in [3.8, 4) is 0 Å². The molecule has 1 aliphatic rings. The van der Waals surface area contributed by atoms with E-state index in [0.717, 1.165) is 19.4 Å². The topological polar surface area (TPSA) is 53.1 Å². The SMILES string of the molecule is CC(C)(CCCN1CCCSCC1)C(=N)N. The van der Waals surface area contributed by atoms with E-state index in [4.69, 9.17) is 11.1 Å². The van der Waals surface area contributed by atoms with Gasteiger partial charge in [-0.25, -0.2) is 0 Å². The fourth-order valence-electron chi connectivity index (χ4n) is 1.90. The minimum Gasteiger partial charge on any atom is -0.387 e. The summed E-state index contributed by atoms with van der Waals surface area (Å²) < 4.78 is 0. The number of nitrogens with one attached hydrogen (secondary N) is 1. The lowest BCUT2D eigenvalue weighted by molar-refractivity contribution is 0.275. The highest BCUT2D eigenvalue weighted by Crippen LogP contribution is 2.22. The van der Waals surface area contributed by atoms with E-state index in [9.17, 15) is 0 Å². The number of rotatable bonds is 5. The van der Waals surface area contributed by atoms with Crippen LogP contribution >= 0.6 is 11.8 Å². The van der Waals surface area contributed by atoms with Crippen LogP contribution in [0.4, 0.5) is 0 Å². The fraction of sp³-hybridized carbons (Fsp3) is 0.917. The Labute approximate surface area is 104 Å². The highest BCUT2D eigenvalue weighted by Gasteiger charge is 2.21. The molecule has 94 valence electrons. The number of hydrogen-bond acceptors (Lipinski definition) is 3. The zero-order valence-corrected chi connectivity index (χ0v) is 11.4. The van der Waals surface area contributed by atoms with E-state index in [1.807, 2.05) is 0 Å². The predicted molar refractivity (Wildman–Crippen MR) is 73.3 cm³/mol. The van der Waals surface area contributed by atoms with E-state index < -0.39 is 0 Å². The summed E-state index contributed by atoms with van der Waals surface area (Å²) in [4.78, 5) is 2.55. The predicted octanol–water partition coefficient (Wildman–Crippen LogP) is 2.17. The third kappa shape index (κ3) is 4.74. The molecule has 4 heteroatoms. The Morgan fingerprint density at radius 2 is 2.12 bits per heavy atom. The first-order valence-corrected chi connectivity index (χ1v) is 7.32. The summed E-state index contributed by atoms with van der Waals surface area (Å²) in [6.45, 7) is 7.76. The van der Waals surface area contributed by atoms with E-state index in [-0.39, 0.29) is 5.41 Å². The first-order valence-electron chi connectivity index (χ1n) is 6.17. The Balaban J connectivity index is 2.21. The molecule has 0 amide bonds. The smallest absolute Gasteiger partial charge is 0.0963 e. The van der Waals surface area contributed by atoms with Gasteiger partial charge in [0.15, 0.2) is 0 Å². The van der Waals surface area contributed by atoms with E-state index in [1.54, 1.807) is 0 Å². The number of nitrogens with two attached hydrogens (primary N) is 1. The Morgan fingerprint density at radius 3 is 2.81 bits per heavy atom. The van der Waals surface area contributed by atoms with Crippen molar-refractivity contribution in [1.29, 1.82) is 5.41 Å². The van der Waals surface area contributed by atoms with E-state index >= 15 is 0 Å². The van der Waals surface area contributed by atoms with Crippen LogP contribution in [0.3, 0.4) is 0 Å². The van der Waals surface area contributed by atoms with Gasteiger partial charge in [-0.05, 0) is 38.1 Å². The van der Waals surface area contributed by atoms with Crippen LogP contribution in [0, 0.1) is 10.8 Å². The Hall–Kier alpha value is -0.220. The number of nitrogens with zero attached hydrogens (tertiary/aromatic N) is 1. The average Bonchev–Trinajstić information content (AvgIpc) is 2.46. The molecule has 0 atom stereocenters. The van der Waals surface area contributed by atoms with Gasteiger partial charge in [-0.2, -0.15) is 11.8 Å². The highest BCUT2D eigenvalue weighted by atomic mass is 32.2. The molecular formula is C12H25N3S. The third-order valence-corrected chi connectivity index (χ3v) is 4.37. The van der Waals surface area contributed by atoms with Crippen molar-refractivity contribution in [2.24, 2.45) is 11.1 Å².